The number of halogens is 1. The van der Waals surface area contributed by atoms with E-state index < -0.39 is 11.2 Å². The zero-order chi connectivity index (χ0) is 20.3. The molecule has 3 N–H and O–H groups in total. The van der Waals surface area contributed by atoms with Gasteiger partial charge < -0.3 is 10.2 Å². The van der Waals surface area contributed by atoms with E-state index in [0.29, 0.717) is 30.2 Å². The molecule has 0 bridgehead atoms. The molecule has 0 fully saturated rings. The van der Waals surface area contributed by atoms with Gasteiger partial charge in [0.2, 0.25) is 5.95 Å². The minimum Gasteiger partial charge on any atom is -0.350 e. The number of nitrogens with zero attached hydrogens (tertiary/aromatic N) is 3. The normalized spacial score (nSPS) is 11.5. The van der Waals surface area contributed by atoms with Crippen LogP contribution in [0.5, 0.6) is 0 Å². The zero-order valence-corrected chi connectivity index (χ0v) is 16.4. The van der Waals surface area contributed by atoms with E-state index in [1.807, 2.05) is 0 Å². The molecule has 8 nitrogen and oxygen atoms in total. The van der Waals surface area contributed by atoms with Gasteiger partial charge in [-0.1, -0.05) is 12.1 Å². The summed E-state index contributed by atoms with van der Waals surface area (Å²) in [5.41, 5.74) is 0.447. The molecule has 0 saturated heterocycles. The Balaban J connectivity index is 2.01. The molecule has 0 saturated carbocycles. The molecular formula is C19H26FN6O2+. The van der Waals surface area contributed by atoms with Gasteiger partial charge in [-0.15, -0.1) is 0 Å². The largest absolute Gasteiger partial charge is 0.350 e. The fraction of sp³-hybridized carbons (Fsp3) is 0.421. The van der Waals surface area contributed by atoms with Gasteiger partial charge in [0, 0.05) is 7.05 Å². The van der Waals surface area contributed by atoms with Crippen LogP contribution in [0.4, 0.5) is 10.3 Å². The number of hydrogen-bond donors (Lipinski definition) is 3. The van der Waals surface area contributed by atoms with Crippen LogP contribution in [0.2, 0.25) is 0 Å². The molecule has 0 aliphatic rings. The zero-order valence-electron chi connectivity index (χ0n) is 16.4. The highest BCUT2D eigenvalue weighted by atomic mass is 19.1. The number of aryl methyl sites for hydroxylation is 1. The SMILES string of the molecule is CC[NH+](CC)CCNc1nc2c(c(=O)[nH]c(=O)n2C)n1Cc1ccc(F)cc1. The Bertz CT molecular complexity index is 1060. The molecule has 0 atom stereocenters. The smallest absolute Gasteiger partial charge is 0.329 e. The highest BCUT2D eigenvalue weighted by Crippen LogP contribution is 2.17. The third-order valence-electron chi connectivity index (χ3n) is 5.02. The standard InChI is InChI=1S/C19H25FN6O2/c1-4-25(5-2)11-10-21-18-22-16-15(17(27)23-19(28)24(16)3)26(18)12-13-6-8-14(20)9-7-13/h6-9H,4-5,10-12H2,1-3H3,(H,21,22)(H,23,27,28)/p+1. The lowest BCUT2D eigenvalue weighted by Crippen LogP contribution is -3.12. The Labute approximate surface area is 161 Å². The van der Waals surface area contributed by atoms with E-state index in [4.69, 9.17) is 0 Å². The molecule has 0 radical (unpaired) electrons. The number of imidazole rings is 1. The second-order valence-electron chi connectivity index (χ2n) is 6.77. The Morgan fingerprint density at radius 1 is 1.18 bits per heavy atom. The summed E-state index contributed by atoms with van der Waals surface area (Å²) >= 11 is 0. The maximum Gasteiger partial charge on any atom is 0.329 e. The van der Waals surface area contributed by atoms with E-state index in [1.165, 1.54) is 21.6 Å². The van der Waals surface area contributed by atoms with Crippen molar-refractivity contribution in [2.75, 3.05) is 31.5 Å². The van der Waals surface area contributed by atoms with Crippen molar-refractivity contribution < 1.29 is 9.29 Å². The van der Waals surface area contributed by atoms with E-state index in [9.17, 15) is 14.0 Å². The Kier molecular flexibility index (Phi) is 5.93. The van der Waals surface area contributed by atoms with Gasteiger partial charge in [-0.05, 0) is 31.5 Å². The van der Waals surface area contributed by atoms with Gasteiger partial charge in [0.1, 0.15) is 5.82 Å². The van der Waals surface area contributed by atoms with Crippen molar-refractivity contribution in [3.8, 4) is 0 Å². The van der Waals surface area contributed by atoms with Crippen LogP contribution >= 0.6 is 0 Å². The highest BCUT2D eigenvalue weighted by molar-refractivity contribution is 5.74. The van der Waals surface area contributed by atoms with Gasteiger partial charge in [-0.25, -0.2) is 9.18 Å². The molecule has 0 aliphatic carbocycles. The number of benzene rings is 1. The molecule has 3 aromatic rings. The molecule has 28 heavy (non-hydrogen) atoms. The molecule has 2 aromatic heterocycles. The van der Waals surface area contributed by atoms with E-state index in [1.54, 1.807) is 23.7 Å². The lowest BCUT2D eigenvalue weighted by Gasteiger charge is -2.16. The first kappa shape index (κ1) is 19.8. The van der Waals surface area contributed by atoms with E-state index >= 15 is 0 Å². The average molecular weight is 389 g/mol. The summed E-state index contributed by atoms with van der Waals surface area (Å²) in [5.74, 6) is 0.192. The summed E-state index contributed by atoms with van der Waals surface area (Å²) in [7, 11) is 1.57. The molecule has 2 heterocycles. The van der Waals surface area contributed by atoms with Crippen LogP contribution < -0.4 is 21.5 Å². The number of hydrogen-bond acceptors (Lipinski definition) is 4. The number of likely N-dealkylation sites (N-methyl/N-ethyl adjacent to an activating group) is 1. The average Bonchev–Trinajstić information content (AvgIpc) is 3.04. The van der Waals surface area contributed by atoms with Crippen molar-refractivity contribution in [3.63, 3.8) is 0 Å². The summed E-state index contributed by atoms with van der Waals surface area (Å²) in [6, 6.07) is 6.10. The summed E-state index contributed by atoms with van der Waals surface area (Å²) in [6.45, 7) is 8.24. The van der Waals surface area contributed by atoms with E-state index in [-0.39, 0.29) is 5.82 Å². The molecule has 0 aliphatic heterocycles. The number of anilines is 1. The molecule has 0 spiro atoms. The predicted molar refractivity (Wildman–Crippen MR) is 106 cm³/mol. The van der Waals surface area contributed by atoms with Crippen LogP contribution in [0, 0.1) is 5.82 Å². The molecular weight excluding hydrogens is 363 g/mol. The third-order valence-corrected chi connectivity index (χ3v) is 5.02. The monoisotopic (exact) mass is 389 g/mol. The first-order chi connectivity index (χ1) is 13.4. The van der Waals surface area contributed by atoms with Gasteiger partial charge in [0.25, 0.3) is 5.56 Å². The first-order valence-corrected chi connectivity index (χ1v) is 9.46. The molecule has 3 rings (SSSR count). The van der Waals surface area contributed by atoms with Crippen LogP contribution in [0.1, 0.15) is 19.4 Å². The van der Waals surface area contributed by atoms with Crippen LogP contribution in [0.25, 0.3) is 11.2 Å². The maximum absolute atomic E-state index is 13.2. The van der Waals surface area contributed by atoms with Crippen molar-refractivity contribution in [1.29, 1.82) is 0 Å². The van der Waals surface area contributed by atoms with E-state index in [0.717, 1.165) is 25.2 Å². The van der Waals surface area contributed by atoms with Crippen molar-refractivity contribution in [1.82, 2.24) is 19.1 Å². The van der Waals surface area contributed by atoms with Crippen molar-refractivity contribution in [3.05, 3.63) is 56.5 Å². The summed E-state index contributed by atoms with van der Waals surface area (Å²) in [5, 5.41) is 3.30. The molecule has 0 unspecified atom stereocenters. The Morgan fingerprint density at radius 2 is 1.86 bits per heavy atom. The second-order valence-corrected chi connectivity index (χ2v) is 6.77. The maximum atomic E-state index is 13.2. The number of quaternary nitrogens is 1. The number of fused-ring (bicyclic) bond motifs is 1. The van der Waals surface area contributed by atoms with Crippen molar-refractivity contribution in [2.45, 2.75) is 20.4 Å². The number of nitrogens with one attached hydrogen (secondary N) is 3. The Hall–Kier alpha value is -2.94. The summed E-state index contributed by atoms with van der Waals surface area (Å²) in [6.07, 6.45) is 0. The van der Waals surface area contributed by atoms with Crippen molar-refractivity contribution in [2.24, 2.45) is 7.05 Å². The fourth-order valence-corrected chi connectivity index (χ4v) is 3.25. The highest BCUT2D eigenvalue weighted by Gasteiger charge is 2.18. The van der Waals surface area contributed by atoms with Crippen LogP contribution in [-0.4, -0.2) is 45.3 Å². The topological polar surface area (TPSA) is 89.2 Å². The predicted octanol–water partition coefficient (Wildman–Crippen LogP) is -0.0527. The Morgan fingerprint density at radius 3 is 2.50 bits per heavy atom. The summed E-state index contributed by atoms with van der Waals surface area (Å²) < 4.78 is 16.3. The van der Waals surface area contributed by atoms with Crippen LogP contribution in [0.15, 0.2) is 33.9 Å². The minimum atomic E-state index is -0.511. The summed E-state index contributed by atoms with van der Waals surface area (Å²) in [4.78, 5) is 32.7. The fourth-order valence-electron chi connectivity index (χ4n) is 3.25. The number of H-pyrrole nitrogens is 1. The quantitative estimate of drug-likeness (QED) is 0.504. The molecule has 9 heteroatoms. The van der Waals surface area contributed by atoms with Crippen LogP contribution in [0.3, 0.4) is 0 Å². The minimum absolute atomic E-state index is 0.309. The molecule has 0 amide bonds. The number of aromatic amines is 1. The number of rotatable bonds is 8. The lowest BCUT2D eigenvalue weighted by atomic mass is 10.2. The second kappa shape index (κ2) is 8.39. The van der Waals surface area contributed by atoms with Gasteiger partial charge in [-0.3, -0.25) is 18.9 Å². The van der Waals surface area contributed by atoms with Gasteiger partial charge in [-0.2, -0.15) is 4.98 Å². The van der Waals surface area contributed by atoms with Gasteiger partial charge in [0.05, 0.1) is 32.7 Å². The first-order valence-electron chi connectivity index (χ1n) is 9.46. The van der Waals surface area contributed by atoms with Gasteiger partial charge in [0.15, 0.2) is 11.2 Å². The lowest BCUT2D eigenvalue weighted by molar-refractivity contribution is -0.894. The molecule has 150 valence electrons. The number of aromatic nitrogens is 4. The van der Waals surface area contributed by atoms with E-state index in [2.05, 4.69) is 29.1 Å². The van der Waals surface area contributed by atoms with Crippen molar-refractivity contribution >= 4 is 17.1 Å². The third kappa shape index (κ3) is 3.99. The van der Waals surface area contributed by atoms with Gasteiger partial charge >= 0.3 is 5.69 Å². The van der Waals surface area contributed by atoms with Crippen LogP contribution in [-0.2, 0) is 13.6 Å². The molecule has 1 aromatic carbocycles.